The number of benzene rings is 5. The number of carbonyl (C=O) groups excluding carboxylic acids is 2. The number of nitrogens with two attached hydrogens (primary N) is 5. The third kappa shape index (κ3) is 45.0. The Morgan fingerprint density at radius 2 is 0.957 bits per heavy atom. The first kappa shape index (κ1) is 90.1. The summed E-state index contributed by atoms with van der Waals surface area (Å²) in [5, 5.41) is 16.0. The fourth-order valence-corrected chi connectivity index (χ4v) is 7.35. The molecule has 0 spiro atoms. The number of aromatic nitrogens is 6. The van der Waals surface area contributed by atoms with Crippen molar-refractivity contribution in [3.8, 4) is 0 Å². The molecule has 499 valence electrons. The fourth-order valence-electron chi connectivity index (χ4n) is 7.35. The van der Waals surface area contributed by atoms with Crippen molar-refractivity contribution in [3.05, 3.63) is 258 Å². The zero-order valence-electron chi connectivity index (χ0n) is 52.6. The zero-order valence-corrected chi connectivity index (χ0v) is 57.6. The molecule has 3 heterocycles. The summed E-state index contributed by atoms with van der Waals surface area (Å²) in [4.78, 5) is 81.2. The van der Waals surface area contributed by atoms with E-state index in [4.69, 9.17) is 48.4 Å². The Hall–Kier alpha value is -8.32. The van der Waals surface area contributed by atoms with Crippen LogP contribution in [0.4, 0.5) is 17.8 Å². The third-order valence-corrected chi connectivity index (χ3v) is 11.7. The number of rotatable bonds is 19. The minimum atomic E-state index is -0.717. The number of aliphatic carboxylic acids is 1. The number of aliphatic hydroxyl groups excluding tert-OH is 1. The normalized spacial score (nSPS) is 9.13. The summed E-state index contributed by atoms with van der Waals surface area (Å²) in [6.07, 6.45) is 13.6. The second-order valence-corrected chi connectivity index (χ2v) is 18.7. The van der Waals surface area contributed by atoms with Gasteiger partial charge in [0, 0.05) is 102 Å². The summed E-state index contributed by atoms with van der Waals surface area (Å²) in [5.41, 5.74) is 33.6. The molecule has 23 heteroatoms. The molecule has 13 N–H and O–H groups in total. The van der Waals surface area contributed by atoms with Gasteiger partial charge in [0.15, 0.2) is 5.95 Å². The summed E-state index contributed by atoms with van der Waals surface area (Å²) in [6.45, 7) is 7.72. The van der Waals surface area contributed by atoms with Gasteiger partial charge in [0.1, 0.15) is 0 Å². The quantitative estimate of drug-likeness (QED) is 0.0162. The van der Waals surface area contributed by atoms with E-state index in [0.29, 0.717) is 55.5 Å². The molecule has 0 atom stereocenters. The van der Waals surface area contributed by atoms with Gasteiger partial charge in [-0.05, 0) is 111 Å². The molecule has 8 rings (SSSR count). The number of aryl methyl sites for hydroxylation is 9. The van der Waals surface area contributed by atoms with Crippen molar-refractivity contribution in [1.82, 2.24) is 29.1 Å². The number of methoxy groups -OCH3 is 1. The Morgan fingerprint density at radius 3 is 1.32 bits per heavy atom. The molecule has 21 nitrogen and oxygen atoms in total. The molecule has 3 aromatic heterocycles. The fraction of sp³-hybridized carbons (Fsp3) is 0.319. The SMILES string of the molecule is C.C.C=C(N)N.CCO.CCOC(=O)CCCc1ccccc1.CI.COC=O.Cn1c(N)ncc(CCc2ccccc2)c1=O.Cn1cc(CCc2ccccc2)c(=O)nc1N.Nc1ncc(CCc2ccccc2)c(=O)[nH]1.O=C(O)CCCc1ccccc1.[Y]. The van der Waals surface area contributed by atoms with Crippen LogP contribution in [0.25, 0.3) is 0 Å². The number of anilines is 3. The number of aromatic amines is 1. The summed E-state index contributed by atoms with van der Waals surface area (Å²) in [5.74, 6) is 0.0137. The number of nitrogen functional groups attached to an aromatic ring is 3. The van der Waals surface area contributed by atoms with Gasteiger partial charge in [-0.25, -0.2) is 9.97 Å². The van der Waals surface area contributed by atoms with Crippen LogP contribution in [0.1, 0.15) is 98.9 Å². The Balaban J connectivity index is -0.000000499. The van der Waals surface area contributed by atoms with Crippen molar-refractivity contribution < 1.29 is 66.8 Å². The molecule has 8 aromatic rings. The number of carboxylic acid groups (broad SMARTS) is 1. The molecule has 92 heavy (non-hydrogen) atoms. The molecule has 0 aliphatic carbocycles. The minimum absolute atomic E-state index is 0. The number of ether oxygens (including phenoxy) is 2. The molecule has 5 aromatic carbocycles. The second kappa shape index (κ2) is 57.8. The van der Waals surface area contributed by atoms with Crippen LogP contribution in [-0.2, 0) is 122 Å². The van der Waals surface area contributed by atoms with Crippen LogP contribution >= 0.6 is 22.6 Å². The van der Waals surface area contributed by atoms with Gasteiger partial charge >= 0.3 is 11.9 Å². The van der Waals surface area contributed by atoms with Gasteiger partial charge in [0.2, 0.25) is 11.9 Å². The molecular weight excluding hydrogens is 1360 g/mol. The van der Waals surface area contributed by atoms with Gasteiger partial charge in [-0.1, -0.05) is 196 Å². The molecule has 0 saturated carbocycles. The van der Waals surface area contributed by atoms with Gasteiger partial charge in [-0.3, -0.25) is 38.3 Å². The van der Waals surface area contributed by atoms with Crippen LogP contribution in [0.15, 0.2) is 197 Å². The summed E-state index contributed by atoms with van der Waals surface area (Å²) in [6, 6.07) is 50.3. The first-order valence-corrected chi connectivity index (χ1v) is 30.6. The van der Waals surface area contributed by atoms with Gasteiger partial charge in [0.25, 0.3) is 23.2 Å². The number of alkyl halides is 1. The van der Waals surface area contributed by atoms with E-state index in [1.54, 1.807) is 38.0 Å². The zero-order chi connectivity index (χ0) is 66.6. The first-order chi connectivity index (χ1) is 42.8. The van der Waals surface area contributed by atoms with E-state index in [1.807, 2.05) is 127 Å². The monoisotopic (exact) mass is 1460 g/mol. The van der Waals surface area contributed by atoms with E-state index in [2.05, 4.69) is 90.2 Å². The van der Waals surface area contributed by atoms with Crippen LogP contribution in [-0.4, -0.2) is 82.9 Å². The number of nitrogens with one attached hydrogen (secondary N) is 1. The van der Waals surface area contributed by atoms with Crippen LogP contribution in [0, 0.1) is 0 Å². The third-order valence-electron chi connectivity index (χ3n) is 11.7. The average molecular weight is 1460 g/mol. The predicted molar refractivity (Wildman–Crippen MR) is 378 cm³/mol. The number of aliphatic hydroxyl groups is 1. The van der Waals surface area contributed by atoms with Crippen molar-refractivity contribution in [2.45, 2.75) is 106 Å². The molecule has 0 aliphatic rings. The van der Waals surface area contributed by atoms with Gasteiger partial charge in [0.05, 0.1) is 19.5 Å². The number of carbonyl (C=O) groups is 3. The maximum Gasteiger partial charge on any atom is 0.305 e. The molecular formula is C69H98IN11O10Y. The molecule has 0 unspecified atom stereocenters. The van der Waals surface area contributed by atoms with Crippen molar-refractivity contribution >= 4 is 58.8 Å². The number of carboxylic acids is 1. The van der Waals surface area contributed by atoms with E-state index in [0.717, 1.165) is 44.9 Å². The van der Waals surface area contributed by atoms with Gasteiger partial charge in [-0.15, -0.1) is 0 Å². The molecule has 1 radical (unpaired) electrons. The maximum atomic E-state index is 11.9. The average Bonchev–Trinajstić information content (AvgIpc) is 1.19. The van der Waals surface area contributed by atoms with E-state index in [-0.39, 0.29) is 107 Å². The number of hydrogen-bond donors (Lipinski definition) is 8. The van der Waals surface area contributed by atoms with E-state index in [9.17, 15) is 24.0 Å². The smallest absolute Gasteiger partial charge is 0.305 e. The summed E-state index contributed by atoms with van der Waals surface area (Å²) >= 11 is 2.15. The molecule has 0 aliphatic heterocycles. The van der Waals surface area contributed by atoms with Crippen LogP contribution < -0.4 is 45.3 Å². The number of esters is 1. The Kier molecular flexibility index (Phi) is 56.6. The summed E-state index contributed by atoms with van der Waals surface area (Å²) < 4.78 is 11.7. The van der Waals surface area contributed by atoms with Gasteiger partial charge in [-0.2, -0.15) is 4.98 Å². The van der Waals surface area contributed by atoms with Crippen molar-refractivity contribution in [3.63, 3.8) is 0 Å². The van der Waals surface area contributed by atoms with Crippen LogP contribution in [0.5, 0.6) is 0 Å². The number of H-pyrrole nitrogens is 1. The molecule has 0 fully saturated rings. The van der Waals surface area contributed by atoms with Crippen LogP contribution in [0.2, 0.25) is 0 Å². The van der Waals surface area contributed by atoms with Gasteiger partial charge < -0.3 is 52.9 Å². The van der Waals surface area contributed by atoms with Crippen molar-refractivity contribution in [1.29, 1.82) is 0 Å². The Labute approximate surface area is 582 Å². The van der Waals surface area contributed by atoms with Crippen LogP contribution in [0.3, 0.4) is 0 Å². The van der Waals surface area contributed by atoms with Crippen molar-refractivity contribution in [2.24, 2.45) is 25.6 Å². The number of nitrogens with zero attached hydrogens (tertiary/aromatic N) is 5. The summed E-state index contributed by atoms with van der Waals surface area (Å²) in [7, 11) is 4.73. The predicted octanol–water partition coefficient (Wildman–Crippen LogP) is 9.58. The Bertz CT molecular complexity index is 3300. The topological polar surface area (TPSA) is 356 Å². The number of hydrogen-bond acceptors (Lipinski definition) is 17. The van der Waals surface area contributed by atoms with E-state index < -0.39 is 5.97 Å². The molecule has 0 bridgehead atoms. The number of halogens is 1. The Morgan fingerprint density at radius 1 is 0.609 bits per heavy atom. The largest absolute Gasteiger partial charge is 0.481 e. The first-order valence-electron chi connectivity index (χ1n) is 28.5. The molecule has 0 amide bonds. The van der Waals surface area contributed by atoms with Crippen molar-refractivity contribution in [2.75, 3.05) is 42.5 Å². The minimum Gasteiger partial charge on any atom is -0.481 e. The standard InChI is InChI=1S/2C13H15N3O.C12H13N3O.C12H16O2.C10H12O2.C2H6N2.C2H4O2.C2H6O.CH3I.2CH4.Y/c1-16-9-11(12(17)15-13(16)14)8-7-10-5-3-2-4-6-10;1-16-12(17)11(9-15-13(16)14)8-7-10-5-3-2-4-6-10;13-12-14-8-10(11(16)15-12)7-6-9-4-2-1-3-5-9;1-2-14-12(13)10-6-9-11-7-4-3-5-8-11;11-10(12)8-4-7-9-5-2-1-3-6-9;1-2(3)4;1-4-2-3;1-2-3;1-2;;;/h2-6,9H,7-8H2,1H3,(H2,14,15,17);2-6,9H,7-8H2,1H3,(H2,14,15);1-5,8H,6-7H2,(H3,13,14,15,16);3-5,7-8H,2,6,9-10H2,1H3;1-3,5-6H,4,7-8H2,(H,11,12);1,3-4H2;2H,1H3;3H,2H2,1H3;1H3;2*1H4;. The van der Waals surface area contributed by atoms with E-state index in [1.165, 1.54) is 45.7 Å². The molecule has 0 saturated heterocycles. The van der Waals surface area contributed by atoms with E-state index >= 15 is 0 Å². The second-order valence-electron chi connectivity index (χ2n) is 18.7. The maximum absolute atomic E-state index is 11.9.